The molecular weight excluding hydrogens is 226 g/mol. The summed E-state index contributed by atoms with van der Waals surface area (Å²) in [5.74, 6) is 0. The largest absolute Gasteiger partial charge is 0.354 e. The van der Waals surface area contributed by atoms with Crippen molar-refractivity contribution in [2.45, 2.75) is 0 Å². The minimum atomic E-state index is 0.823. The number of aromatic amines is 1. The Labute approximate surface area is 96.3 Å². The standard InChI is InChI=1S/C12H8ClNS/c13-12-6-5-11(15-12)10-7-8-3-1-2-4-9(8)14-10/h1-7,14H. The molecule has 3 aromatic rings. The van der Waals surface area contributed by atoms with Gasteiger partial charge in [0.1, 0.15) is 0 Å². The second kappa shape index (κ2) is 3.40. The molecule has 1 N–H and O–H groups in total. The van der Waals surface area contributed by atoms with Gasteiger partial charge in [-0.25, -0.2) is 0 Å². The number of aromatic nitrogens is 1. The second-order valence-electron chi connectivity index (χ2n) is 3.37. The first kappa shape index (κ1) is 9.01. The molecule has 0 unspecified atom stereocenters. The number of H-pyrrole nitrogens is 1. The van der Waals surface area contributed by atoms with Crippen molar-refractivity contribution in [3.05, 3.63) is 46.8 Å². The first-order valence-corrected chi connectivity index (χ1v) is 5.86. The van der Waals surface area contributed by atoms with E-state index in [1.807, 2.05) is 24.3 Å². The van der Waals surface area contributed by atoms with Gasteiger partial charge >= 0.3 is 0 Å². The average Bonchev–Trinajstić information content (AvgIpc) is 2.82. The predicted molar refractivity (Wildman–Crippen MR) is 66.6 cm³/mol. The smallest absolute Gasteiger partial charge is 0.0935 e. The van der Waals surface area contributed by atoms with Crippen LogP contribution >= 0.6 is 22.9 Å². The van der Waals surface area contributed by atoms with Gasteiger partial charge in [-0.2, -0.15) is 0 Å². The van der Waals surface area contributed by atoms with Crippen molar-refractivity contribution >= 4 is 33.8 Å². The molecule has 2 heterocycles. The van der Waals surface area contributed by atoms with Gasteiger partial charge in [-0.1, -0.05) is 29.8 Å². The maximum Gasteiger partial charge on any atom is 0.0935 e. The summed E-state index contributed by atoms with van der Waals surface area (Å²) in [6, 6.07) is 14.4. The quantitative estimate of drug-likeness (QED) is 0.635. The summed E-state index contributed by atoms with van der Waals surface area (Å²) in [6.45, 7) is 0. The molecule has 0 radical (unpaired) electrons. The lowest BCUT2D eigenvalue weighted by molar-refractivity contribution is 1.48. The summed E-state index contributed by atoms with van der Waals surface area (Å²) < 4.78 is 0.823. The highest BCUT2D eigenvalue weighted by atomic mass is 35.5. The first-order valence-electron chi connectivity index (χ1n) is 4.66. The van der Waals surface area contributed by atoms with E-state index < -0.39 is 0 Å². The van der Waals surface area contributed by atoms with E-state index in [0.717, 1.165) is 15.5 Å². The molecule has 0 bridgehead atoms. The molecule has 0 saturated carbocycles. The van der Waals surface area contributed by atoms with Crippen molar-refractivity contribution in [3.8, 4) is 10.6 Å². The molecule has 1 aromatic carbocycles. The van der Waals surface area contributed by atoms with Crippen molar-refractivity contribution < 1.29 is 0 Å². The zero-order valence-electron chi connectivity index (χ0n) is 7.83. The van der Waals surface area contributed by atoms with Crippen molar-refractivity contribution in [2.75, 3.05) is 0 Å². The molecule has 0 aliphatic carbocycles. The fourth-order valence-corrected chi connectivity index (χ4v) is 2.68. The van der Waals surface area contributed by atoms with Gasteiger partial charge in [-0.3, -0.25) is 0 Å². The van der Waals surface area contributed by atoms with Crippen molar-refractivity contribution in [1.82, 2.24) is 4.98 Å². The lowest BCUT2D eigenvalue weighted by Crippen LogP contribution is -1.68. The average molecular weight is 234 g/mol. The highest BCUT2D eigenvalue weighted by Crippen LogP contribution is 2.32. The Morgan fingerprint density at radius 1 is 1.07 bits per heavy atom. The molecular formula is C12H8ClNS. The van der Waals surface area contributed by atoms with Crippen LogP contribution in [0.5, 0.6) is 0 Å². The number of fused-ring (bicyclic) bond motifs is 1. The van der Waals surface area contributed by atoms with E-state index in [9.17, 15) is 0 Å². The molecule has 2 aromatic heterocycles. The first-order chi connectivity index (χ1) is 7.33. The van der Waals surface area contributed by atoms with E-state index in [0.29, 0.717) is 0 Å². The van der Waals surface area contributed by atoms with Gasteiger partial charge in [0.05, 0.1) is 14.9 Å². The number of nitrogens with one attached hydrogen (secondary N) is 1. The monoisotopic (exact) mass is 233 g/mol. The zero-order valence-corrected chi connectivity index (χ0v) is 9.40. The van der Waals surface area contributed by atoms with Crippen LogP contribution in [0.2, 0.25) is 4.34 Å². The van der Waals surface area contributed by atoms with Gasteiger partial charge < -0.3 is 4.98 Å². The van der Waals surface area contributed by atoms with E-state index in [4.69, 9.17) is 11.6 Å². The maximum atomic E-state index is 5.91. The molecule has 3 heteroatoms. The molecule has 0 atom stereocenters. The summed E-state index contributed by atoms with van der Waals surface area (Å²) in [4.78, 5) is 4.55. The SMILES string of the molecule is Clc1ccc(-c2cc3ccccc3[nH]2)s1. The number of halogens is 1. The van der Waals surface area contributed by atoms with Gasteiger partial charge in [0.25, 0.3) is 0 Å². The molecule has 0 amide bonds. The summed E-state index contributed by atoms with van der Waals surface area (Å²) in [5, 5.41) is 1.23. The Hall–Kier alpha value is -1.25. The van der Waals surface area contributed by atoms with Crippen molar-refractivity contribution in [1.29, 1.82) is 0 Å². The summed E-state index contributed by atoms with van der Waals surface area (Å²) in [5.41, 5.74) is 2.30. The Balaban J connectivity index is 2.19. The molecule has 1 nitrogen and oxygen atoms in total. The van der Waals surface area contributed by atoms with E-state index in [1.165, 1.54) is 10.3 Å². The van der Waals surface area contributed by atoms with Gasteiger partial charge in [0.2, 0.25) is 0 Å². The second-order valence-corrected chi connectivity index (χ2v) is 5.09. The summed E-state index contributed by atoms with van der Waals surface area (Å²) in [7, 11) is 0. The lowest BCUT2D eigenvalue weighted by Gasteiger charge is -1.88. The fourth-order valence-electron chi connectivity index (χ4n) is 1.67. The third kappa shape index (κ3) is 1.56. The fraction of sp³-hybridized carbons (Fsp3) is 0. The van der Waals surface area contributed by atoms with Crippen molar-refractivity contribution in [3.63, 3.8) is 0 Å². The van der Waals surface area contributed by atoms with Crippen LogP contribution in [0.15, 0.2) is 42.5 Å². The van der Waals surface area contributed by atoms with Crippen LogP contribution in [-0.2, 0) is 0 Å². The van der Waals surface area contributed by atoms with Crippen LogP contribution in [-0.4, -0.2) is 4.98 Å². The maximum absolute atomic E-state index is 5.91. The van der Waals surface area contributed by atoms with Crippen LogP contribution in [0.25, 0.3) is 21.5 Å². The number of rotatable bonds is 1. The Bertz CT molecular complexity index is 576. The van der Waals surface area contributed by atoms with Crippen LogP contribution in [0.1, 0.15) is 0 Å². The van der Waals surface area contributed by atoms with Crippen LogP contribution in [0.3, 0.4) is 0 Å². The number of hydrogen-bond acceptors (Lipinski definition) is 1. The van der Waals surface area contributed by atoms with Crippen molar-refractivity contribution in [2.24, 2.45) is 0 Å². The van der Waals surface area contributed by atoms with Gasteiger partial charge in [-0.05, 0) is 24.3 Å². The number of thiophene rings is 1. The highest BCUT2D eigenvalue weighted by molar-refractivity contribution is 7.19. The molecule has 0 aliphatic rings. The molecule has 0 aliphatic heterocycles. The van der Waals surface area contributed by atoms with E-state index >= 15 is 0 Å². The summed E-state index contributed by atoms with van der Waals surface area (Å²) >= 11 is 7.50. The zero-order chi connectivity index (χ0) is 10.3. The van der Waals surface area contributed by atoms with Crippen LogP contribution < -0.4 is 0 Å². The minimum absolute atomic E-state index is 0.823. The molecule has 3 rings (SSSR count). The number of hydrogen-bond donors (Lipinski definition) is 1. The molecule has 0 spiro atoms. The van der Waals surface area contributed by atoms with Crippen LogP contribution in [0.4, 0.5) is 0 Å². The van der Waals surface area contributed by atoms with Gasteiger partial charge in [0.15, 0.2) is 0 Å². The Kier molecular flexibility index (Phi) is 2.04. The normalized spacial score (nSPS) is 11.0. The Morgan fingerprint density at radius 2 is 1.93 bits per heavy atom. The molecule has 0 saturated heterocycles. The lowest BCUT2D eigenvalue weighted by atomic mass is 10.2. The van der Waals surface area contributed by atoms with E-state index in [1.54, 1.807) is 11.3 Å². The highest BCUT2D eigenvalue weighted by Gasteiger charge is 2.04. The minimum Gasteiger partial charge on any atom is -0.354 e. The van der Waals surface area contributed by atoms with E-state index in [-0.39, 0.29) is 0 Å². The Morgan fingerprint density at radius 3 is 2.67 bits per heavy atom. The number of benzene rings is 1. The van der Waals surface area contributed by atoms with Crippen LogP contribution in [0, 0.1) is 0 Å². The number of para-hydroxylation sites is 1. The molecule has 74 valence electrons. The van der Waals surface area contributed by atoms with E-state index in [2.05, 4.69) is 23.2 Å². The topological polar surface area (TPSA) is 15.8 Å². The predicted octanol–water partition coefficient (Wildman–Crippen LogP) is 4.55. The third-order valence-electron chi connectivity index (χ3n) is 2.37. The molecule has 15 heavy (non-hydrogen) atoms. The summed E-state index contributed by atoms with van der Waals surface area (Å²) in [6.07, 6.45) is 0. The molecule has 0 fully saturated rings. The third-order valence-corrected chi connectivity index (χ3v) is 3.63. The van der Waals surface area contributed by atoms with Gasteiger partial charge in [-0.15, -0.1) is 11.3 Å². The van der Waals surface area contributed by atoms with Gasteiger partial charge in [0, 0.05) is 10.9 Å².